The molecule has 1 saturated heterocycles. The van der Waals surface area contributed by atoms with Crippen LogP contribution in [0.1, 0.15) is 12.8 Å². The minimum absolute atomic E-state index is 0.0257. The second kappa shape index (κ2) is 5.82. The first-order chi connectivity index (χ1) is 8.72. The first-order valence-corrected chi connectivity index (χ1v) is 6.22. The predicted molar refractivity (Wildman–Crippen MR) is 68.8 cm³/mol. The van der Waals surface area contributed by atoms with E-state index in [1.165, 1.54) is 12.1 Å². The van der Waals surface area contributed by atoms with Crippen molar-refractivity contribution in [2.75, 3.05) is 24.5 Å². The molecule has 1 aromatic carbocycles. The van der Waals surface area contributed by atoms with Gasteiger partial charge in [0.15, 0.2) is 0 Å². The van der Waals surface area contributed by atoms with Crippen LogP contribution in [0, 0.1) is 5.82 Å². The molecule has 0 saturated carbocycles. The van der Waals surface area contributed by atoms with E-state index in [1.807, 2.05) is 11.0 Å². The zero-order chi connectivity index (χ0) is 13.0. The third-order valence-corrected chi connectivity index (χ3v) is 3.13. The predicted octanol–water partition coefficient (Wildman–Crippen LogP) is 0.869. The fourth-order valence-corrected chi connectivity index (χ4v) is 2.28. The number of carbonyl (C=O) groups is 1. The monoisotopic (exact) mass is 251 g/mol. The van der Waals surface area contributed by atoms with Crippen molar-refractivity contribution >= 4 is 11.6 Å². The highest BCUT2D eigenvalue weighted by Crippen LogP contribution is 2.21. The van der Waals surface area contributed by atoms with Gasteiger partial charge < -0.3 is 16.0 Å². The van der Waals surface area contributed by atoms with Gasteiger partial charge in [-0.1, -0.05) is 6.07 Å². The summed E-state index contributed by atoms with van der Waals surface area (Å²) in [5, 5.41) is 2.86. The number of nitrogens with zero attached hydrogens (tertiary/aromatic N) is 1. The van der Waals surface area contributed by atoms with Crippen LogP contribution in [0.5, 0.6) is 0 Å². The Morgan fingerprint density at radius 3 is 3.06 bits per heavy atom. The molecule has 98 valence electrons. The first kappa shape index (κ1) is 12.8. The Hall–Kier alpha value is -1.62. The summed E-state index contributed by atoms with van der Waals surface area (Å²) >= 11 is 0. The highest BCUT2D eigenvalue weighted by atomic mass is 19.1. The van der Waals surface area contributed by atoms with Crippen LogP contribution in [0.2, 0.25) is 0 Å². The Morgan fingerprint density at radius 2 is 2.33 bits per heavy atom. The van der Waals surface area contributed by atoms with E-state index in [4.69, 9.17) is 5.73 Å². The lowest BCUT2D eigenvalue weighted by Gasteiger charge is -2.30. The molecule has 0 radical (unpaired) electrons. The summed E-state index contributed by atoms with van der Waals surface area (Å²) in [6.45, 7) is 1.82. The molecule has 4 nitrogen and oxygen atoms in total. The van der Waals surface area contributed by atoms with E-state index in [0.29, 0.717) is 19.5 Å². The maximum atomic E-state index is 13.3. The number of nitrogens with two attached hydrogens (primary N) is 1. The average molecular weight is 251 g/mol. The Morgan fingerprint density at radius 1 is 1.50 bits per heavy atom. The smallest absolute Gasteiger partial charge is 0.242 e. The zero-order valence-electron chi connectivity index (χ0n) is 10.2. The number of halogens is 1. The number of hydrogen-bond donors (Lipinski definition) is 2. The third kappa shape index (κ3) is 2.79. The van der Waals surface area contributed by atoms with Gasteiger partial charge in [0.25, 0.3) is 0 Å². The standard InChI is InChI=1S/C13H18FN3O/c14-10-3-1-4-11(9-10)17-8-2-7-16-13(18)12(17)5-6-15/h1,3-4,9,12H,2,5-8,15H2,(H,16,18). The minimum atomic E-state index is -0.306. The van der Waals surface area contributed by atoms with Crippen molar-refractivity contribution in [3.05, 3.63) is 30.1 Å². The largest absolute Gasteiger partial charge is 0.359 e. The van der Waals surface area contributed by atoms with Gasteiger partial charge in [0, 0.05) is 18.8 Å². The van der Waals surface area contributed by atoms with Gasteiger partial charge in [0.1, 0.15) is 11.9 Å². The van der Waals surface area contributed by atoms with Crippen molar-refractivity contribution in [1.82, 2.24) is 5.32 Å². The molecule has 1 aromatic rings. The summed E-state index contributed by atoms with van der Waals surface area (Å²) in [5.41, 5.74) is 6.30. The molecule has 0 spiro atoms. The molecule has 5 heteroatoms. The molecule has 1 fully saturated rings. The number of hydrogen-bond acceptors (Lipinski definition) is 3. The van der Waals surface area contributed by atoms with E-state index in [1.54, 1.807) is 6.07 Å². The van der Waals surface area contributed by atoms with Gasteiger partial charge in [-0.25, -0.2) is 4.39 Å². The van der Waals surface area contributed by atoms with Gasteiger partial charge in [0.2, 0.25) is 5.91 Å². The van der Waals surface area contributed by atoms with E-state index in [-0.39, 0.29) is 17.8 Å². The Labute approximate surface area is 106 Å². The Kier molecular flexibility index (Phi) is 4.15. The lowest BCUT2D eigenvalue weighted by molar-refractivity contribution is -0.122. The van der Waals surface area contributed by atoms with Crippen LogP contribution in [0.15, 0.2) is 24.3 Å². The molecule has 1 atom stereocenters. The SMILES string of the molecule is NCCC1C(=O)NCCCN1c1cccc(F)c1. The van der Waals surface area contributed by atoms with Crippen LogP contribution in [-0.2, 0) is 4.79 Å². The molecule has 2 rings (SSSR count). The molecule has 1 unspecified atom stereocenters. The number of nitrogens with one attached hydrogen (secondary N) is 1. The van der Waals surface area contributed by atoms with Gasteiger partial charge in [0.05, 0.1) is 0 Å². The number of benzene rings is 1. The van der Waals surface area contributed by atoms with E-state index in [0.717, 1.165) is 18.7 Å². The van der Waals surface area contributed by atoms with Crippen molar-refractivity contribution in [3.63, 3.8) is 0 Å². The fraction of sp³-hybridized carbons (Fsp3) is 0.462. The molecule has 1 aliphatic rings. The minimum Gasteiger partial charge on any atom is -0.359 e. The second-order valence-electron chi connectivity index (χ2n) is 4.41. The lowest BCUT2D eigenvalue weighted by atomic mass is 10.1. The van der Waals surface area contributed by atoms with E-state index in [9.17, 15) is 9.18 Å². The number of carbonyl (C=O) groups excluding carboxylic acids is 1. The van der Waals surface area contributed by atoms with E-state index < -0.39 is 0 Å². The van der Waals surface area contributed by atoms with Crippen LogP contribution < -0.4 is 16.0 Å². The molecule has 18 heavy (non-hydrogen) atoms. The summed E-state index contributed by atoms with van der Waals surface area (Å²) in [4.78, 5) is 13.9. The fourth-order valence-electron chi connectivity index (χ4n) is 2.28. The highest BCUT2D eigenvalue weighted by molar-refractivity contribution is 5.85. The normalized spacial score (nSPS) is 20.4. The highest BCUT2D eigenvalue weighted by Gasteiger charge is 2.27. The summed E-state index contributed by atoms with van der Waals surface area (Å²) in [6.07, 6.45) is 1.42. The van der Waals surface area contributed by atoms with Crippen LogP contribution in [0.4, 0.5) is 10.1 Å². The summed E-state index contributed by atoms with van der Waals surface area (Å²) in [6, 6.07) is 6.04. The van der Waals surface area contributed by atoms with Gasteiger partial charge in [-0.2, -0.15) is 0 Å². The van der Waals surface area contributed by atoms with Crippen molar-refractivity contribution in [1.29, 1.82) is 0 Å². The Balaban J connectivity index is 2.28. The Bertz CT molecular complexity index is 424. The topological polar surface area (TPSA) is 58.4 Å². The van der Waals surface area contributed by atoms with Crippen LogP contribution in [-0.4, -0.2) is 31.6 Å². The van der Waals surface area contributed by atoms with Crippen molar-refractivity contribution in [2.45, 2.75) is 18.9 Å². The zero-order valence-corrected chi connectivity index (χ0v) is 10.2. The van der Waals surface area contributed by atoms with Crippen molar-refractivity contribution in [2.24, 2.45) is 5.73 Å². The van der Waals surface area contributed by atoms with Gasteiger partial charge in [-0.15, -0.1) is 0 Å². The summed E-state index contributed by atoms with van der Waals surface area (Å²) in [7, 11) is 0. The van der Waals surface area contributed by atoms with Crippen LogP contribution >= 0.6 is 0 Å². The molecular weight excluding hydrogens is 233 g/mol. The van der Waals surface area contributed by atoms with E-state index >= 15 is 0 Å². The molecule has 0 bridgehead atoms. The quantitative estimate of drug-likeness (QED) is 0.838. The number of amides is 1. The first-order valence-electron chi connectivity index (χ1n) is 6.22. The van der Waals surface area contributed by atoms with Crippen molar-refractivity contribution < 1.29 is 9.18 Å². The molecule has 1 aliphatic heterocycles. The summed E-state index contributed by atoms with van der Waals surface area (Å²) in [5.74, 6) is -0.314. The third-order valence-electron chi connectivity index (χ3n) is 3.13. The molecular formula is C13H18FN3O. The van der Waals surface area contributed by atoms with Gasteiger partial charge in [-0.05, 0) is 37.6 Å². The molecule has 1 heterocycles. The summed E-state index contributed by atoms with van der Waals surface area (Å²) < 4.78 is 13.3. The molecule has 1 amide bonds. The second-order valence-corrected chi connectivity index (χ2v) is 4.41. The van der Waals surface area contributed by atoms with E-state index in [2.05, 4.69) is 5.32 Å². The molecule has 0 aliphatic carbocycles. The number of anilines is 1. The maximum Gasteiger partial charge on any atom is 0.242 e. The number of rotatable bonds is 3. The van der Waals surface area contributed by atoms with Gasteiger partial charge >= 0.3 is 0 Å². The van der Waals surface area contributed by atoms with Crippen molar-refractivity contribution in [3.8, 4) is 0 Å². The lowest BCUT2D eigenvalue weighted by Crippen LogP contribution is -2.45. The van der Waals surface area contributed by atoms with Crippen LogP contribution in [0.25, 0.3) is 0 Å². The van der Waals surface area contributed by atoms with Gasteiger partial charge in [-0.3, -0.25) is 4.79 Å². The average Bonchev–Trinajstić information content (AvgIpc) is 2.53. The molecule has 0 aromatic heterocycles. The van der Waals surface area contributed by atoms with Crippen LogP contribution in [0.3, 0.4) is 0 Å². The maximum absolute atomic E-state index is 13.3. The molecule has 3 N–H and O–H groups in total.